The number of hydrogen-bond acceptors (Lipinski definition) is 0. The minimum Gasteiger partial charge on any atom is -0.114 e. The van der Waals surface area contributed by atoms with E-state index in [1.54, 1.807) is 0 Å². The van der Waals surface area contributed by atoms with Crippen molar-refractivity contribution in [1.29, 1.82) is 0 Å². The lowest BCUT2D eigenvalue weighted by Crippen LogP contribution is -1.80. The van der Waals surface area contributed by atoms with E-state index in [1.807, 2.05) is 13.0 Å². The summed E-state index contributed by atoms with van der Waals surface area (Å²) in [4.78, 5) is 0. The van der Waals surface area contributed by atoms with Crippen molar-refractivity contribution < 1.29 is 0 Å². The molecule has 0 aromatic heterocycles. The zero-order valence-corrected chi connectivity index (χ0v) is 11.2. The fraction of sp³-hybridized carbons (Fsp3) is 0.167. The predicted octanol–water partition coefficient (Wildman–Crippen LogP) is 5.36. The first kappa shape index (κ1) is 12.4. The van der Waals surface area contributed by atoms with Crippen LogP contribution in [0.2, 0.25) is 0 Å². The normalized spacial score (nSPS) is 10.6. The topological polar surface area (TPSA) is 0 Å². The van der Waals surface area contributed by atoms with Gasteiger partial charge >= 0.3 is 0 Å². The van der Waals surface area contributed by atoms with E-state index >= 15 is 0 Å². The fourth-order valence-electron chi connectivity index (χ4n) is 2.08. The van der Waals surface area contributed by atoms with Crippen molar-refractivity contribution in [1.82, 2.24) is 0 Å². The molecule has 2 aromatic carbocycles. The lowest BCUT2D eigenvalue weighted by atomic mass is 10.0. The third kappa shape index (κ3) is 2.80. The maximum atomic E-state index is 3.41. The Kier molecular flexibility index (Phi) is 3.82. The Morgan fingerprint density at radius 1 is 1.00 bits per heavy atom. The van der Waals surface area contributed by atoms with E-state index in [9.17, 15) is 0 Å². The monoisotopic (exact) mass is 234 g/mol. The lowest BCUT2D eigenvalue weighted by molar-refractivity contribution is 1.50. The van der Waals surface area contributed by atoms with Crippen molar-refractivity contribution in [2.75, 3.05) is 0 Å². The van der Waals surface area contributed by atoms with Gasteiger partial charge in [0.25, 0.3) is 0 Å². The molecule has 0 aliphatic heterocycles. The van der Waals surface area contributed by atoms with Crippen LogP contribution in [-0.2, 0) is 0 Å². The van der Waals surface area contributed by atoms with Crippen LogP contribution in [0.3, 0.4) is 0 Å². The standard InChI is InChI=1S/C18H18/c1-4-7-14(2)12-15(3)17-11-10-16-8-5-6-9-18(16)13-17/h4-11,13H,1-3H3/b7-4+. The van der Waals surface area contributed by atoms with Gasteiger partial charge in [0.15, 0.2) is 0 Å². The zero-order valence-electron chi connectivity index (χ0n) is 11.2. The summed E-state index contributed by atoms with van der Waals surface area (Å²) in [6, 6.07) is 15.0. The van der Waals surface area contributed by atoms with Crippen LogP contribution in [0, 0.1) is 0 Å². The first-order chi connectivity index (χ1) is 8.70. The second kappa shape index (κ2) is 5.53. The Bertz CT molecular complexity index is 651. The van der Waals surface area contributed by atoms with E-state index in [1.165, 1.54) is 21.9 Å². The van der Waals surface area contributed by atoms with Crippen LogP contribution < -0.4 is 0 Å². The van der Waals surface area contributed by atoms with Crippen molar-refractivity contribution in [2.24, 2.45) is 0 Å². The molecule has 2 aromatic rings. The summed E-state index contributed by atoms with van der Waals surface area (Å²) in [7, 11) is 0. The van der Waals surface area contributed by atoms with Crippen molar-refractivity contribution in [3.8, 4) is 0 Å². The van der Waals surface area contributed by atoms with E-state index in [0.717, 1.165) is 5.57 Å². The molecular weight excluding hydrogens is 216 g/mol. The molecule has 18 heavy (non-hydrogen) atoms. The quantitative estimate of drug-likeness (QED) is 0.484. The molecule has 0 heteroatoms. The fourth-order valence-corrected chi connectivity index (χ4v) is 2.08. The molecule has 0 saturated heterocycles. The minimum absolute atomic E-state index is 1.16. The van der Waals surface area contributed by atoms with Gasteiger partial charge < -0.3 is 0 Å². The molecule has 0 N–H and O–H groups in total. The van der Waals surface area contributed by atoms with Gasteiger partial charge in [-0.05, 0) is 54.3 Å². The van der Waals surface area contributed by atoms with Gasteiger partial charge in [-0.15, -0.1) is 5.73 Å². The summed E-state index contributed by atoms with van der Waals surface area (Å²) in [5, 5.41) is 2.56. The van der Waals surface area contributed by atoms with Gasteiger partial charge in [-0.1, -0.05) is 48.6 Å². The van der Waals surface area contributed by atoms with Crippen molar-refractivity contribution in [3.63, 3.8) is 0 Å². The predicted molar refractivity (Wildman–Crippen MR) is 80.5 cm³/mol. The van der Waals surface area contributed by atoms with Gasteiger partial charge in [0.05, 0.1) is 0 Å². The maximum Gasteiger partial charge on any atom is -0.00160 e. The van der Waals surface area contributed by atoms with Gasteiger partial charge in [-0.25, -0.2) is 0 Å². The average Bonchev–Trinajstić information content (AvgIpc) is 2.38. The SMILES string of the molecule is C/C=C/C(C)=C=C(C)c1ccc2ccccc2c1. The van der Waals surface area contributed by atoms with Gasteiger partial charge in [0.1, 0.15) is 0 Å². The summed E-state index contributed by atoms with van der Waals surface area (Å²) >= 11 is 0. The highest BCUT2D eigenvalue weighted by atomic mass is 14.0. The highest BCUT2D eigenvalue weighted by Crippen LogP contribution is 2.20. The summed E-state index contributed by atoms with van der Waals surface area (Å²) in [5.41, 5.74) is 6.97. The molecule has 90 valence electrons. The van der Waals surface area contributed by atoms with Crippen LogP contribution in [0.5, 0.6) is 0 Å². The van der Waals surface area contributed by atoms with Crippen LogP contribution in [0.25, 0.3) is 16.3 Å². The van der Waals surface area contributed by atoms with E-state index in [-0.39, 0.29) is 0 Å². The molecule has 2 rings (SSSR count). The summed E-state index contributed by atoms with van der Waals surface area (Å²) in [6.45, 7) is 6.21. The largest absolute Gasteiger partial charge is 0.114 e. The van der Waals surface area contributed by atoms with Gasteiger partial charge in [-0.3, -0.25) is 0 Å². The van der Waals surface area contributed by atoms with Crippen LogP contribution >= 0.6 is 0 Å². The molecule has 0 aliphatic carbocycles. The molecule has 0 atom stereocenters. The molecule has 0 bridgehead atoms. The molecule has 0 heterocycles. The lowest BCUT2D eigenvalue weighted by Gasteiger charge is -2.02. The van der Waals surface area contributed by atoms with Gasteiger partial charge in [-0.2, -0.15) is 0 Å². The average molecular weight is 234 g/mol. The number of allylic oxidation sites excluding steroid dienone is 3. The summed E-state index contributed by atoms with van der Waals surface area (Å²) in [6.07, 6.45) is 4.11. The third-order valence-corrected chi connectivity index (χ3v) is 2.98. The van der Waals surface area contributed by atoms with Crippen molar-refractivity contribution in [2.45, 2.75) is 20.8 Å². The first-order valence-corrected chi connectivity index (χ1v) is 6.26. The minimum atomic E-state index is 1.16. The van der Waals surface area contributed by atoms with Crippen molar-refractivity contribution >= 4 is 16.3 Å². The molecule has 0 amide bonds. The third-order valence-electron chi connectivity index (χ3n) is 2.98. The number of benzene rings is 2. The van der Waals surface area contributed by atoms with E-state index in [2.05, 4.69) is 68.1 Å². The van der Waals surface area contributed by atoms with Crippen molar-refractivity contribution in [3.05, 3.63) is 71.5 Å². The zero-order chi connectivity index (χ0) is 13.0. The Morgan fingerprint density at radius 2 is 1.72 bits per heavy atom. The summed E-state index contributed by atoms with van der Waals surface area (Å²) in [5.74, 6) is 0. The first-order valence-electron chi connectivity index (χ1n) is 6.26. The Hall–Kier alpha value is -2.04. The van der Waals surface area contributed by atoms with Crippen LogP contribution in [-0.4, -0.2) is 0 Å². The molecule has 0 radical (unpaired) electrons. The van der Waals surface area contributed by atoms with E-state index < -0.39 is 0 Å². The number of fused-ring (bicyclic) bond motifs is 1. The molecule has 0 saturated carbocycles. The maximum absolute atomic E-state index is 3.41. The Morgan fingerprint density at radius 3 is 2.44 bits per heavy atom. The molecule has 0 spiro atoms. The second-order valence-corrected chi connectivity index (χ2v) is 4.49. The second-order valence-electron chi connectivity index (χ2n) is 4.49. The molecular formula is C18H18. The smallest absolute Gasteiger partial charge is 0.00160 e. The van der Waals surface area contributed by atoms with Crippen LogP contribution in [0.4, 0.5) is 0 Å². The van der Waals surface area contributed by atoms with E-state index in [4.69, 9.17) is 0 Å². The molecule has 0 aliphatic rings. The molecule has 0 fully saturated rings. The number of rotatable bonds is 2. The Labute approximate surface area is 109 Å². The highest BCUT2D eigenvalue weighted by molar-refractivity contribution is 5.86. The summed E-state index contributed by atoms with van der Waals surface area (Å²) < 4.78 is 0. The number of hydrogen-bond donors (Lipinski definition) is 0. The van der Waals surface area contributed by atoms with Crippen LogP contribution in [0.15, 0.2) is 65.9 Å². The highest BCUT2D eigenvalue weighted by Gasteiger charge is 1.97. The van der Waals surface area contributed by atoms with Gasteiger partial charge in [0, 0.05) is 0 Å². The van der Waals surface area contributed by atoms with Crippen LogP contribution in [0.1, 0.15) is 26.3 Å². The molecule has 0 nitrogen and oxygen atoms in total. The molecule has 0 unspecified atom stereocenters. The Balaban J connectivity index is 2.52. The van der Waals surface area contributed by atoms with E-state index in [0.29, 0.717) is 0 Å². The van der Waals surface area contributed by atoms with Gasteiger partial charge in [0.2, 0.25) is 0 Å².